The molecule has 9 heteroatoms. The Morgan fingerprint density at radius 2 is 1.93 bits per heavy atom. The van der Waals surface area contributed by atoms with Gasteiger partial charge in [0.1, 0.15) is 23.9 Å². The number of halogens is 1. The Kier molecular flexibility index (Phi) is 5.01. The second-order valence-corrected chi connectivity index (χ2v) is 6.61. The second-order valence-electron chi connectivity index (χ2n) is 6.61. The number of methoxy groups -OCH3 is 1. The average Bonchev–Trinajstić information content (AvgIpc) is 3.03. The lowest BCUT2D eigenvalue weighted by Gasteiger charge is -2.05. The lowest BCUT2D eigenvalue weighted by Crippen LogP contribution is -2.28. The summed E-state index contributed by atoms with van der Waals surface area (Å²) in [7, 11) is 1.59. The third kappa shape index (κ3) is 3.77. The Morgan fingerprint density at radius 3 is 2.63 bits per heavy atom. The summed E-state index contributed by atoms with van der Waals surface area (Å²) in [5.41, 5.74) is 1.68. The van der Waals surface area contributed by atoms with E-state index in [1.807, 2.05) is 24.3 Å². The fourth-order valence-electron chi connectivity index (χ4n) is 3.12. The van der Waals surface area contributed by atoms with Gasteiger partial charge in [-0.05, 0) is 49.4 Å². The van der Waals surface area contributed by atoms with Crippen LogP contribution in [0.4, 0.5) is 10.1 Å². The zero-order valence-electron chi connectivity index (χ0n) is 16.3. The number of amides is 1. The number of nitrogens with one attached hydrogen (secondary N) is 1. The highest BCUT2D eigenvalue weighted by Crippen LogP contribution is 2.21. The van der Waals surface area contributed by atoms with Gasteiger partial charge < -0.3 is 10.1 Å². The molecule has 0 spiro atoms. The van der Waals surface area contributed by atoms with E-state index in [1.54, 1.807) is 26.2 Å². The molecular formula is C21H18FN5O3. The van der Waals surface area contributed by atoms with Crippen molar-refractivity contribution >= 4 is 17.2 Å². The molecular weight excluding hydrogens is 389 g/mol. The van der Waals surface area contributed by atoms with Crippen molar-refractivity contribution in [2.75, 3.05) is 12.4 Å². The van der Waals surface area contributed by atoms with Gasteiger partial charge in [0, 0.05) is 17.3 Å². The van der Waals surface area contributed by atoms with E-state index in [4.69, 9.17) is 4.74 Å². The van der Waals surface area contributed by atoms with E-state index in [2.05, 4.69) is 15.4 Å². The van der Waals surface area contributed by atoms with Crippen LogP contribution in [0.1, 0.15) is 5.82 Å². The van der Waals surface area contributed by atoms with Crippen LogP contribution in [0, 0.1) is 12.7 Å². The summed E-state index contributed by atoms with van der Waals surface area (Å²) >= 11 is 0. The first-order valence-electron chi connectivity index (χ1n) is 9.11. The lowest BCUT2D eigenvalue weighted by atomic mass is 10.1. The minimum Gasteiger partial charge on any atom is -0.497 e. The number of aromatic nitrogens is 4. The molecule has 0 radical (unpaired) electrons. The van der Waals surface area contributed by atoms with Crippen LogP contribution >= 0.6 is 0 Å². The first-order chi connectivity index (χ1) is 14.4. The number of anilines is 1. The molecule has 0 fully saturated rings. The van der Waals surface area contributed by atoms with Gasteiger partial charge >= 0.3 is 5.69 Å². The SMILES string of the molecule is COc1ccc(-c2cc3nn(CC(=O)Nc4cccc(F)c4)c(=O)n3c(C)n2)cc1. The molecule has 0 unspecified atom stereocenters. The van der Waals surface area contributed by atoms with Crippen LogP contribution in [-0.4, -0.2) is 32.2 Å². The summed E-state index contributed by atoms with van der Waals surface area (Å²) in [5, 5.41) is 6.81. The highest BCUT2D eigenvalue weighted by atomic mass is 19.1. The standard InChI is InChI=1S/C21H18FN5O3/c1-13-23-18(14-6-8-17(30-2)9-7-14)11-19-25-26(21(29)27(13)19)12-20(28)24-16-5-3-4-15(22)10-16/h3-11H,12H2,1-2H3,(H,24,28). The van der Waals surface area contributed by atoms with E-state index in [0.29, 0.717) is 22.9 Å². The zero-order chi connectivity index (χ0) is 21.3. The predicted molar refractivity (Wildman–Crippen MR) is 109 cm³/mol. The van der Waals surface area contributed by atoms with Gasteiger partial charge in [-0.1, -0.05) is 6.07 Å². The van der Waals surface area contributed by atoms with Crippen molar-refractivity contribution < 1.29 is 13.9 Å². The fraction of sp³-hybridized carbons (Fsp3) is 0.143. The van der Waals surface area contributed by atoms with Gasteiger partial charge in [-0.15, -0.1) is 5.10 Å². The van der Waals surface area contributed by atoms with E-state index in [-0.39, 0.29) is 6.54 Å². The van der Waals surface area contributed by atoms with Crippen LogP contribution in [0.15, 0.2) is 59.4 Å². The minimum atomic E-state index is -0.493. The van der Waals surface area contributed by atoms with Gasteiger partial charge in [0.05, 0.1) is 12.8 Å². The summed E-state index contributed by atoms with van der Waals surface area (Å²) in [6.45, 7) is 1.38. The minimum absolute atomic E-state index is 0.302. The number of hydrogen-bond donors (Lipinski definition) is 1. The van der Waals surface area contributed by atoms with Crippen molar-refractivity contribution in [2.45, 2.75) is 13.5 Å². The number of ether oxygens (including phenoxy) is 1. The predicted octanol–water partition coefficient (Wildman–Crippen LogP) is 2.65. The second kappa shape index (κ2) is 7.78. The van der Waals surface area contributed by atoms with E-state index in [0.717, 1.165) is 16.0 Å². The number of rotatable bonds is 5. The van der Waals surface area contributed by atoms with E-state index < -0.39 is 17.4 Å². The maximum atomic E-state index is 13.3. The topological polar surface area (TPSA) is 90.5 Å². The summed E-state index contributed by atoms with van der Waals surface area (Å²) in [4.78, 5) is 29.5. The molecule has 0 aliphatic heterocycles. The lowest BCUT2D eigenvalue weighted by molar-refractivity contribution is -0.117. The molecule has 0 bridgehead atoms. The van der Waals surface area contributed by atoms with Crippen molar-refractivity contribution in [2.24, 2.45) is 0 Å². The van der Waals surface area contributed by atoms with E-state index in [9.17, 15) is 14.0 Å². The van der Waals surface area contributed by atoms with Gasteiger partial charge in [0.25, 0.3) is 0 Å². The first-order valence-corrected chi connectivity index (χ1v) is 9.11. The van der Waals surface area contributed by atoms with E-state index >= 15 is 0 Å². The monoisotopic (exact) mass is 407 g/mol. The molecule has 2 heterocycles. The van der Waals surface area contributed by atoms with Gasteiger partial charge in [-0.25, -0.2) is 23.3 Å². The number of fused-ring (bicyclic) bond motifs is 1. The number of carbonyl (C=O) groups excluding carboxylic acids is 1. The quantitative estimate of drug-likeness (QED) is 0.549. The zero-order valence-corrected chi connectivity index (χ0v) is 16.3. The van der Waals surface area contributed by atoms with Crippen molar-refractivity contribution in [3.8, 4) is 17.0 Å². The molecule has 8 nitrogen and oxygen atoms in total. The largest absolute Gasteiger partial charge is 0.497 e. The van der Waals surface area contributed by atoms with E-state index in [1.165, 1.54) is 22.6 Å². The number of nitrogens with zero attached hydrogens (tertiary/aromatic N) is 4. The molecule has 2 aromatic carbocycles. The molecule has 2 aromatic heterocycles. The van der Waals surface area contributed by atoms with Crippen molar-refractivity contribution in [3.05, 3.63) is 76.7 Å². The van der Waals surface area contributed by atoms with Crippen molar-refractivity contribution in [1.29, 1.82) is 0 Å². The Balaban J connectivity index is 1.63. The number of carbonyl (C=O) groups is 1. The molecule has 1 N–H and O–H groups in total. The molecule has 0 saturated heterocycles. The summed E-state index contributed by atoms with van der Waals surface area (Å²) in [5.74, 6) is 0.207. The maximum absolute atomic E-state index is 13.3. The maximum Gasteiger partial charge on any atom is 0.352 e. The number of hydrogen-bond acceptors (Lipinski definition) is 5. The fourth-order valence-corrected chi connectivity index (χ4v) is 3.12. The van der Waals surface area contributed by atoms with Crippen LogP contribution in [-0.2, 0) is 11.3 Å². The molecule has 4 rings (SSSR count). The summed E-state index contributed by atoms with van der Waals surface area (Å²) < 4.78 is 20.8. The molecule has 0 saturated carbocycles. The first kappa shape index (κ1) is 19.3. The Bertz CT molecular complexity index is 1290. The highest BCUT2D eigenvalue weighted by Gasteiger charge is 2.15. The smallest absolute Gasteiger partial charge is 0.352 e. The number of benzene rings is 2. The third-order valence-electron chi connectivity index (χ3n) is 4.52. The Labute approximate surface area is 170 Å². The van der Waals surface area contributed by atoms with Crippen LogP contribution in [0.2, 0.25) is 0 Å². The number of aryl methyl sites for hydroxylation is 1. The molecule has 1 amide bonds. The molecule has 0 aliphatic rings. The molecule has 0 atom stereocenters. The molecule has 4 aromatic rings. The van der Waals surface area contributed by atoms with Crippen LogP contribution in [0.5, 0.6) is 5.75 Å². The summed E-state index contributed by atoms with van der Waals surface area (Å²) in [6.07, 6.45) is 0. The Morgan fingerprint density at radius 1 is 1.17 bits per heavy atom. The molecule has 0 aliphatic carbocycles. The van der Waals surface area contributed by atoms with Gasteiger partial charge in [0.15, 0.2) is 5.65 Å². The van der Waals surface area contributed by atoms with Crippen molar-refractivity contribution in [1.82, 2.24) is 19.2 Å². The average molecular weight is 407 g/mol. The van der Waals surface area contributed by atoms with Crippen LogP contribution in [0.3, 0.4) is 0 Å². The van der Waals surface area contributed by atoms with Gasteiger partial charge in [-0.3, -0.25) is 4.79 Å². The van der Waals surface area contributed by atoms with Gasteiger partial charge in [0.2, 0.25) is 5.91 Å². The molecule has 152 valence electrons. The Hall–Kier alpha value is -4.01. The van der Waals surface area contributed by atoms with Crippen LogP contribution in [0.25, 0.3) is 16.9 Å². The summed E-state index contributed by atoms with van der Waals surface area (Å²) in [6, 6.07) is 14.5. The van der Waals surface area contributed by atoms with Gasteiger partial charge in [-0.2, -0.15) is 0 Å². The van der Waals surface area contributed by atoms with Crippen LogP contribution < -0.4 is 15.7 Å². The molecule has 30 heavy (non-hydrogen) atoms. The normalized spacial score (nSPS) is 10.9. The van der Waals surface area contributed by atoms with Crippen molar-refractivity contribution in [3.63, 3.8) is 0 Å². The third-order valence-corrected chi connectivity index (χ3v) is 4.52. The highest BCUT2D eigenvalue weighted by molar-refractivity contribution is 5.90.